The van der Waals surface area contributed by atoms with Crippen molar-refractivity contribution in [2.24, 2.45) is 50.7 Å². The van der Waals surface area contributed by atoms with E-state index in [4.69, 9.17) is 33.2 Å². The Balaban J connectivity index is 1.03. The Kier molecular flexibility index (Phi) is 7.06. The second-order valence-corrected chi connectivity index (χ2v) is 19.2. The molecule has 49 heavy (non-hydrogen) atoms. The molecule has 9 aliphatic rings. The van der Waals surface area contributed by atoms with Crippen molar-refractivity contribution >= 4 is 5.97 Å². The van der Waals surface area contributed by atoms with Crippen LogP contribution in [0.5, 0.6) is 0 Å². The highest BCUT2D eigenvalue weighted by Crippen LogP contribution is 2.89. The van der Waals surface area contributed by atoms with Crippen LogP contribution in [0.15, 0.2) is 0 Å². The maximum atomic E-state index is 12.9. The molecule has 9 rings (SSSR count). The molecule has 3 spiro atoms. The summed E-state index contributed by atoms with van der Waals surface area (Å²) in [7, 11) is 1.67. The molecule has 276 valence electrons. The Morgan fingerprint density at radius 1 is 0.857 bits per heavy atom. The SMILES string of the molecule is CO[C@H]1O[C@]2(C[C@@H](C)[C@H]3C(C[C@@]4(C)[C@@H]5CC[C@H]6C(C)(C)[C@@H](O[C@@H]7OC[C@@H](O)[C@H](O)[C@H]7O)CC[C@@]67C[C@@]57C[C@@H](OC(C)=O)[C@]34C)O2)[C@@H]2O[C@]12C. The van der Waals surface area contributed by atoms with Crippen molar-refractivity contribution in [3.05, 3.63) is 0 Å². The number of rotatable bonds is 4. The average molecular weight is 691 g/mol. The van der Waals surface area contributed by atoms with E-state index >= 15 is 0 Å². The number of aliphatic hydroxyl groups is 3. The number of epoxide rings is 1. The van der Waals surface area contributed by atoms with E-state index in [9.17, 15) is 20.1 Å². The van der Waals surface area contributed by atoms with Crippen LogP contribution in [0.3, 0.4) is 0 Å². The summed E-state index contributed by atoms with van der Waals surface area (Å²) in [5, 5.41) is 31.0. The molecule has 11 heteroatoms. The summed E-state index contributed by atoms with van der Waals surface area (Å²) in [6.07, 6.45) is 1.91. The number of methoxy groups -OCH3 is 1. The third-order valence-corrected chi connectivity index (χ3v) is 16.9. The van der Waals surface area contributed by atoms with Crippen molar-refractivity contribution in [3.63, 3.8) is 0 Å². The maximum Gasteiger partial charge on any atom is 0.302 e. The standard InChI is InChI=1S/C38H58O11/c1-18-13-38(30-35(7,48-30)31(43-8)49-38)47-21-14-33(5)23-10-9-22-32(3,4)24(46-29-28(42)27(41)20(40)16-44-29)11-12-36(22)17-37(23,36)15-25(45-19(2)39)34(33,6)26(18)21/h18,20-31,40-42H,9-17H2,1-8H3/t18-,20-,21?,22+,23+,24+,25-,26+,27+,28-,29+,30-,31+,33+,34-,35+,36-,37+,38-/m1/s1. The number of hydrogen-bond acceptors (Lipinski definition) is 11. The molecular weight excluding hydrogens is 632 g/mol. The Labute approximate surface area is 290 Å². The van der Waals surface area contributed by atoms with E-state index in [0.29, 0.717) is 11.8 Å². The zero-order valence-corrected chi connectivity index (χ0v) is 30.5. The highest BCUT2D eigenvalue weighted by Gasteiger charge is 2.87. The lowest BCUT2D eigenvalue weighted by atomic mass is 9.41. The van der Waals surface area contributed by atoms with Crippen molar-refractivity contribution in [3.8, 4) is 0 Å². The Hall–Kier alpha value is -0.890. The van der Waals surface area contributed by atoms with Crippen molar-refractivity contribution < 1.29 is 53.3 Å². The van der Waals surface area contributed by atoms with E-state index in [1.807, 2.05) is 0 Å². The van der Waals surface area contributed by atoms with E-state index in [1.54, 1.807) is 14.0 Å². The Morgan fingerprint density at radius 2 is 1.59 bits per heavy atom. The van der Waals surface area contributed by atoms with Crippen LogP contribution in [0.1, 0.15) is 99.8 Å². The molecule has 0 aromatic carbocycles. The first-order valence-corrected chi connectivity index (χ1v) is 19.0. The van der Waals surface area contributed by atoms with Crippen molar-refractivity contribution in [2.45, 2.75) is 167 Å². The fourth-order valence-electron chi connectivity index (χ4n) is 14.9. The summed E-state index contributed by atoms with van der Waals surface area (Å²) < 4.78 is 44.4. The van der Waals surface area contributed by atoms with E-state index in [1.165, 1.54) is 0 Å². The third-order valence-electron chi connectivity index (χ3n) is 16.9. The third kappa shape index (κ3) is 3.98. The predicted molar refractivity (Wildman–Crippen MR) is 172 cm³/mol. The van der Waals surface area contributed by atoms with Crippen LogP contribution in [0.25, 0.3) is 0 Å². The van der Waals surface area contributed by atoms with Crippen molar-refractivity contribution in [2.75, 3.05) is 13.7 Å². The monoisotopic (exact) mass is 690 g/mol. The minimum Gasteiger partial charge on any atom is -0.462 e. The van der Waals surface area contributed by atoms with Gasteiger partial charge in [0.25, 0.3) is 0 Å². The molecular formula is C38H58O11. The lowest BCUT2D eigenvalue weighted by Gasteiger charge is -2.65. The molecule has 0 amide bonds. The fraction of sp³-hybridized carbons (Fsp3) is 0.974. The minimum absolute atomic E-state index is 0.0418. The molecule has 19 atom stereocenters. The summed E-state index contributed by atoms with van der Waals surface area (Å²) in [5.41, 5.74) is -0.894. The van der Waals surface area contributed by atoms with Gasteiger partial charge in [-0.15, -0.1) is 0 Å². The zero-order chi connectivity index (χ0) is 34.9. The molecule has 3 N–H and O–H groups in total. The van der Waals surface area contributed by atoms with E-state index in [-0.39, 0.29) is 75.9 Å². The second-order valence-electron chi connectivity index (χ2n) is 19.2. The van der Waals surface area contributed by atoms with Gasteiger partial charge in [-0.3, -0.25) is 4.79 Å². The van der Waals surface area contributed by atoms with Gasteiger partial charge in [-0.2, -0.15) is 0 Å². The maximum absolute atomic E-state index is 12.9. The Bertz CT molecular complexity index is 1410. The number of esters is 1. The van der Waals surface area contributed by atoms with Gasteiger partial charge >= 0.3 is 5.97 Å². The minimum atomic E-state index is -1.30. The lowest BCUT2D eigenvalue weighted by Crippen LogP contribution is -2.64. The molecule has 9 fully saturated rings. The van der Waals surface area contributed by atoms with Gasteiger partial charge in [0.2, 0.25) is 5.79 Å². The van der Waals surface area contributed by atoms with Gasteiger partial charge < -0.3 is 48.5 Å². The summed E-state index contributed by atoms with van der Waals surface area (Å²) in [4.78, 5) is 12.9. The molecule has 0 aromatic rings. The second kappa shape index (κ2) is 10.2. The van der Waals surface area contributed by atoms with E-state index in [2.05, 4.69) is 41.5 Å². The largest absolute Gasteiger partial charge is 0.462 e. The summed E-state index contributed by atoms with van der Waals surface area (Å²) in [6, 6.07) is 0. The average Bonchev–Trinajstić information content (AvgIpc) is 3.86. The van der Waals surface area contributed by atoms with Gasteiger partial charge in [0.1, 0.15) is 36.1 Å². The Morgan fingerprint density at radius 3 is 2.29 bits per heavy atom. The zero-order valence-electron chi connectivity index (χ0n) is 30.5. The van der Waals surface area contributed by atoms with Crippen molar-refractivity contribution in [1.82, 2.24) is 0 Å². The normalized spacial score (nSPS) is 62.2. The van der Waals surface area contributed by atoms with Crippen LogP contribution in [0.2, 0.25) is 0 Å². The van der Waals surface area contributed by atoms with Gasteiger partial charge in [-0.05, 0) is 97.2 Å². The van der Waals surface area contributed by atoms with Crippen LogP contribution in [-0.2, 0) is 38.0 Å². The summed E-state index contributed by atoms with van der Waals surface area (Å²) >= 11 is 0. The van der Waals surface area contributed by atoms with Crippen LogP contribution in [0.4, 0.5) is 0 Å². The van der Waals surface area contributed by atoms with Gasteiger partial charge in [0, 0.05) is 25.9 Å². The lowest BCUT2D eigenvalue weighted by molar-refractivity contribution is -0.349. The van der Waals surface area contributed by atoms with Gasteiger partial charge in [0.05, 0.1) is 18.8 Å². The molecule has 4 saturated heterocycles. The molecule has 5 saturated carbocycles. The number of carbonyl (C=O) groups excluding carboxylic acids is 1. The van der Waals surface area contributed by atoms with Crippen molar-refractivity contribution in [1.29, 1.82) is 0 Å². The molecule has 0 radical (unpaired) electrons. The molecule has 0 aromatic heterocycles. The number of aliphatic hydroxyl groups excluding tert-OH is 3. The molecule has 4 heterocycles. The topological polar surface area (TPSA) is 146 Å². The number of ether oxygens (including phenoxy) is 7. The molecule has 11 nitrogen and oxygen atoms in total. The highest BCUT2D eigenvalue weighted by molar-refractivity contribution is 5.66. The first kappa shape index (κ1) is 33.9. The molecule has 5 aliphatic carbocycles. The quantitative estimate of drug-likeness (QED) is 0.226. The van der Waals surface area contributed by atoms with E-state index in [0.717, 1.165) is 51.4 Å². The first-order chi connectivity index (χ1) is 22.9. The van der Waals surface area contributed by atoms with Crippen LogP contribution >= 0.6 is 0 Å². The van der Waals surface area contributed by atoms with Gasteiger partial charge in [-0.25, -0.2) is 0 Å². The molecule has 4 aliphatic heterocycles. The van der Waals surface area contributed by atoms with Crippen LogP contribution < -0.4 is 0 Å². The van der Waals surface area contributed by atoms with E-state index < -0.39 is 42.3 Å². The molecule has 1 unspecified atom stereocenters. The number of carbonyl (C=O) groups is 1. The first-order valence-electron chi connectivity index (χ1n) is 19.0. The smallest absolute Gasteiger partial charge is 0.302 e. The number of fused-ring (bicyclic) bond motifs is 6. The van der Waals surface area contributed by atoms with Crippen LogP contribution in [-0.4, -0.2) is 102 Å². The summed E-state index contributed by atoms with van der Waals surface area (Å²) in [5.74, 6) is 0.308. The van der Waals surface area contributed by atoms with Gasteiger partial charge in [-0.1, -0.05) is 34.6 Å². The van der Waals surface area contributed by atoms with Gasteiger partial charge in [0.15, 0.2) is 12.6 Å². The highest BCUT2D eigenvalue weighted by atomic mass is 16.8. The van der Waals surface area contributed by atoms with Crippen LogP contribution in [0, 0.1) is 50.7 Å². The fourth-order valence-corrected chi connectivity index (χ4v) is 14.9. The summed E-state index contributed by atoms with van der Waals surface area (Å²) in [6.45, 7) is 15.4. The predicted octanol–water partition coefficient (Wildman–Crippen LogP) is 3.68. The molecule has 0 bridgehead atoms. The number of hydrogen-bond donors (Lipinski definition) is 3.